The molecular formula is C15H22N2O3S. The molecule has 1 aromatic rings. The highest BCUT2D eigenvalue weighted by molar-refractivity contribution is 7.89. The number of benzene rings is 1. The maximum atomic E-state index is 12.4. The summed E-state index contributed by atoms with van der Waals surface area (Å²) in [7, 11) is -3.38. The van der Waals surface area contributed by atoms with Gasteiger partial charge in [-0.25, -0.2) is 13.2 Å². The molecule has 1 heterocycles. The molecule has 2 rings (SSSR count). The predicted octanol–water partition coefficient (Wildman–Crippen LogP) is 2.20. The molecule has 0 spiro atoms. The summed E-state index contributed by atoms with van der Waals surface area (Å²) in [6, 6.07) is 6.46. The van der Waals surface area contributed by atoms with Crippen molar-refractivity contribution in [2.24, 2.45) is 0 Å². The van der Waals surface area contributed by atoms with Gasteiger partial charge in [-0.1, -0.05) is 0 Å². The molecule has 0 atom stereocenters. The topological polar surface area (TPSA) is 63.5 Å². The monoisotopic (exact) mass is 310 g/mol. The summed E-state index contributed by atoms with van der Waals surface area (Å²) in [5.41, 5.74) is 0.181. The standard InChI is InChI=1S/C15H22N2O3S/c1-15(2,3)17(18)12-13-6-8-14(9-7-13)21(19,20)16-10-4-5-11-16/h6-9,12H,4-5,10-11H2,1-3H3/b17-12-. The Balaban J connectivity index is 2.23. The first-order valence-corrected chi connectivity index (χ1v) is 8.57. The minimum atomic E-state index is -3.38. The van der Waals surface area contributed by atoms with Crippen molar-refractivity contribution in [2.45, 2.75) is 44.0 Å². The van der Waals surface area contributed by atoms with Gasteiger partial charge in [0, 0.05) is 39.4 Å². The van der Waals surface area contributed by atoms with Crippen molar-refractivity contribution in [1.82, 2.24) is 4.31 Å². The Bertz CT molecular complexity index is 622. The fraction of sp³-hybridized carbons (Fsp3) is 0.533. The van der Waals surface area contributed by atoms with E-state index < -0.39 is 15.6 Å². The van der Waals surface area contributed by atoms with Gasteiger partial charge >= 0.3 is 0 Å². The molecule has 21 heavy (non-hydrogen) atoms. The molecule has 1 saturated heterocycles. The summed E-state index contributed by atoms with van der Waals surface area (Å²) >= 11 is 0. The van der Waals surface area contributed by atoms with Crippen LogP contribution in [0.1, 0.15) is 39.2 Å². The Hall–Kier alpha value is -1.40. The number of hydroxylamine groups is 1. The highest BCUT2D eigenvalue weighted by Crippen LogP contribution is 2.20. The Morgan fingerprint density at radius 1 is 1.14 bits per heavy atom. The third kappa shape index (κ3) is 3.63. The largest absolute Gasteiger partial charge is 0.623 e. The van der Waals surface area contributed by atoms with Gasteiger partial charge < -0.3 is 5.21 Å². The summed E-state index contributed by atoms with van der Waals surface area (Å²) in [6.07, 6.45) is 3.32. The van der Waals surface area contributed by atoms with Crippen LogP contribution in [0, 0.1) is 5.21 Å². The van der Waals surface area contributed by atoms with Crippen LogP contribution in [0.4, 0.5) is 0 Å². The van der Waals surface area contributed by atoms with Crippen LogP contribution in [-0.4, -0.2) is 42.3 Å². The lowest BCUT2D eigenvalue weighted by Gasteiger charge is -2.18. The van der Waals surface area contributed by atoms with Crippen molar-refractivity contribution in [1.29, 1.82) is 0 Å². The van der Waals surface area contributed by atoms with E-state index >= 15 is 0 Å². The molecule has 1 aromatic carbocycles. The van der Waals surface area contributed by atoms with Crippen molar-refractivity contribution in [2.75, 3.05) is 13.1 Å². The zero-order chi connectivity index (χ0) is 15.7. The van der Waals surface area contributed by atoms with Gasteiger partial charge in [-0.3, -0.25) is 0 Å². The molecule has 0 N–H and O–H groups in total. The second-order valence-electron chi connectivity index (χ2n) is 6.31. The van der Waals surface area contributed by atoms with E-state index in [1.165, 1.54) is 10.5 Å². The molecule has 0 saturated carbocycles. The third-order valence-corrected chi connectivity index (χ3v) is 5.42. The summed E-state index contributed by atoms with van der Waals surface area (Å²) in [4.78, 5) is 0.287. The van der Waals surface area contributed by atoms with Crippen LogP contribution in [0.25, 0.3) is 0 Å². The Kier molecular flexibility index (Phi) is 4.39. The normalized spacial score (nSPS) is 18.1. The molecule has 6 heteroatoms. The molecule has 1 aliphatic heterocycles. The summed E-state index contributed by atoms with van der Waals surface area (Å²) in [6.45, 7) is 6.65. The molecule has 1 fully saturated rings. The van der Waals surface area contributed by atoms with Gasteiger partial charge in [0.15, 0.2) is 11.8 Å². The molecule has 116 valence electrons. The van der Waals surface area contributed by atoms with Gasteiger partial charge in [0.2, 0.25) is 10.0 Å². The van der Waals surface area contributed by atoms with Gasteiger partial charge in [0.05, 0.1) is 4.90 Å². The number of sulfonamides is 1. The minimum absolute atomic E-state index is 0.287. The zero-order valence-electron chi connectivity index (χ0n) is 12.7. The van der Waals surface area contributed by atoms with Crippen LogP contribution in [0.5, 0.6) is 0 Å². The lowest BCUT2D eigenvalue weighted by atomic mass is 10.1. The van der Waals surface area contributed by atoms with E-state index in [9.17, 15) is 13.6 Å². The third-order valence-electron chi connectivity index (χ3n) is 3.51. The fourth-order valence-corrected chi connectivity index (χ4v) is 3.65. The lowest BCUT2D eigenvalue weighted by molar-refractivity contribution is -0.530. The molecule has 5 nitrogen and oxygen atoms in total. The fourth-order valence-electron chi connectivity index (χ4n) is 2.13. The molecule has 0 amide bonds. The molecule has 0 bridgehead atoms. The van der Waals surface area contributed by atoms with Gasteiger partial charge in [0.25, 0.3) is 0 Å². The van der Waals surface area contributed by atoms with E-state index in [-0.39, 0.29) is 4.90 Å². The average Bonchev–Trinajstić information content (AvgIpc) is 2.92. The molecular weight excluding hydrogens is 288 g/mol. The molecule has 0 aromatic heterocycles. The first-order chi connectivity index (χ1) is 9.71. The molecule has 0 unspecified atom stereocenters. The maximum Gasteiger partial charge on any atom is 0.243 e. The van der Waals surface area contributed by atoms with Gasteiger partial charge in [-0.15, -0.1) is 0 Å². The summed E-state index contributed by atoms with van der Waals surface area (Å²) in [5, 5.41) is 11.9. The van der Waals surface area contributed by atoms with Crippen LogP contribution in [-0.2, 0) is 10.0 Å². The number of nitrogens with zero attached hydrogens (tertiary/aromatic N) is 2. The molecule has 0 radical (unpaired) electrons. The van der Waals surface area contributed by atoms with Crippen molar-refractivity contribution >= 4 is 16.2 Å². The maximum absolute atomic E-state index is 12.4. The predicted molar refractivity (Wildman–Crippen MR) is 83.0 cm³/mol. The van der Waals surface area contributed by atoms with E-state index in [1.807, 2.05) is 20.8 Å². The van der Waals surface area contributed by atoms with E-state index in [4.69, 9.17) is 0 Å². The van der Waals surface area contributed by atoms with Crippen LogP contribution in [0.2, 0.25) is 0 Å². The van der Waals surface area contributed by atoms with E-state index in [0.717, 1.165) is 17.6 Å². The minimum Gasteiger partial charge on any atom is -0.623 e. The molecule has 0 aliphatic carbocycles. The van der Waals surface area contributed by atoms with Crippen molar-refractivity contribution in [3.63, 3.8) is 0 Å². The van der Waals surface area contributed by atoms with Crippen molar-refractivity contribution in [3.05, 3.63) is 35.0 Å². The van der Waals surface area contributed by atoms with Crippen LogP contribution in [0.3, 0.4) is 0 Å². The van der Waals surface area contributed by atoms with Gasteiger partial charge in [-0.05, 0) is 37.1 Å². The quantitative estimate of drug-likeness (QED) is 0.372. The second kappa shape index (κ2) is 5.77. The van der Waals surface area contributed by atoms with Crippen LogP contribution < -0.4 is 0 Å². The van der Waals surface area contributed by atoms with Crippen LogP contribution in [0.15, 0.2) is 29.2 Å². The van der Waals surface area contributed by atoms with Crippen molar-refractivity contribution < 1.29 is 13.2 Å². The van der Waals surface area contributed by atoms with Gasteiger partial charge in [-0.2, -0.15) is 4.31 Å². The number of hydrogen-bond donors (Lipinski definition) is 0. The van der Waals surface area contributed by atoms with Gasteiger partial charge in [0.1, 0.15) is 0 Å². The Morgan fingerprint density at radius 3 is 2.14 bits per heavy atom. The second-order valence-corrected chi connectivity index (χ2v) is 8.24. The number of rotatable bonds is 3. The highest BCUT2D eigenvalue weighted by Gasteiger charge is 2.27. The molecule has 1 aliphatic rings. The van der Waals surface area contributed by atoms with Crippen LogP contribution >= 0.6 is 0 Å². The Morgan fingerprint density at radius 2 is 1.67 bits per heavy atom. The summed E-state index contributed by atoms with van der Waals surface area (Å²) in [5.74, 6) is 0. The van der Waals surface area contributed by atoms with E-state index in [1.54, 1.807) is 24.3 Å². The average molecular weight is 310 g/mol. The number of hydrogen-bond acceptors (Lipinski definition) is 3. The van der Waals surface area contributed by atoms with Crippen molar-refractivity contribution in [3.8, 4) is 0 Å². The SMILES string of the molecule is CC(C)(C)/[N+]([O-])=C/c1ccc(S(=O)(=O)N2CCCC2)cc1. The van der Waals surface area contributed by atoms with E-state index in [0.29, 0.717) is 18.7 Å². The smallest absolute Gasteiger partial charge is 0.243 e. The first kappa shape index (κ1) is 16.0. The lowest BCUT2D eigenvalue weighted by Crippen LogP contribution is -2.29. The summed E-state index contributed by atoms with van der Waals surface area (Å²) < 4.78 is 27.1. The Labute approximate surface area is 126 Å². The van der Waals surface area contributed by atoms with E-state index in [2.05, 4.69) is 0 Å². The highest BCUT2D eigenvalue weighted by atomic mass is 32.2. The zero-order valence-corrected chi connectivity index (χ0v) is 13.6. The first-order valence-electron chi connectivity index (χ1n) is 7.13.